The Hall–Kier alpha value is -1.68. The topological polar surface area (TPSA) is 48.7 Å². The predicted octanol–water partition coefficient (Wildman–Crippen LogP) is 2.21. The van der Waals surface area contributed by atoms with Gasteiger partial charge in [0, 0.05) is 17.3 Å². The Labute approximate surface area is 86.9 Å². The van der Waals surface area contributed by atoms with Crippen LogP contribution < -0.4 is 11.1 Å². The molecule has 1 radical (unpaired) electrons. The summed E-state index contributed by atoms with van der Waals surface area (Å²) in [5.74, 6) is 0. The summed E-state index contributed by atoms with van der Waals surface area (Å²) >= 11 is 4.64. The lowest BCUT2D eigenvalue weighted by molar-refractivity contribution is 1.41. The summed E-state index contributed by atoms with van der Waals surface area (Å²) in [5, 5.41) is 3.82. The number of nitrogens with zero attached hydrogens (tertiary/aromatic N) is 1. The van der Waals surface area contributed by atoms with E-state index in [0.29, 0.717) is 0 Å². The van der Waals surface area contributed by atoms with Gasteiger partial charge in [-0.1, -0.05) is 6.07 Å². The highest BCUT2D eigenvalue weighted by Gasteiger charge is 1.96. The van der Waals surface area contributed by atoms with E-state index in [4.69, 9.17) is 5.73 Å². The Morgan fingerprint density at radius 1 is 1.36 bits per heavy atom. The van der Waals surface area contributed by atoms with Crippen molar-refractivity contribution in [3.05, 3.63) is 36.5 Å². The van der Waals surface area contributed by atoms with Crippen molar-refractivity contribution in [1.82, 2.24) is 10.7 Å². The van der Waals surface area contributed by atoms with E-state index in [1.807, 2.05) is 30.3 Å². The van der Waals surface area contributed by atoms with Gasteiger partial charge in [-0.2, -0.15) is 0 Å². The van der Waals surface area contributed by atoms with Crippen molar-refractivity contribution in [2.24, 2.45) is 0 Å². The minimum Gasteiger partial charge on any atom is -0.331 e. The largest absolute Gasteiger partial charge is 0.331 e. The Morgan fingerprint density at radius 2 is 2.21 bits per heavy atom. The molecule has 2 N–H and O–H groups in total. The second-order valence-electron chi connectivity index (χ2n) is 2.87. The second-order valence-corrected chi connectivity index (χ2v) is 3.27. The molecule has 1 aromatic heterocycles. The number of thiocarbonyl (C=S) groups is 1. The number of pyridine rings is 1. The number of fused-ring (bicyclic) bond motifs is 1. The third kappa shape index (κ3) is 1.80. The zero-order chi connectivity index (χ0) is 9.97. The summed E-state index contributed by atoms with van der Waals surface area (Å²) < 4.78 is 0. The number of benzene rings is 1. The lowest BCUT2D eigenvalue weighted by Crippen LogP contribution is -2.08. The quantitative estimate of drug-likeness (QED) is 0.721. The van der Waals surface area contributed by atoms with Gasteiger partial charge in [0.05, 0.1) is 5.52 Å². The summed E-state index contributed by atoms with van der Waals surface area (Å²) in [6, 6.07) is 9.53. The van der Waals surface area contributed by atoms with Crippen molar-refractivity contribution in [2.75, 3.05) is 5.32 Å². The van der Waals surface area contributed by atoms with Crippen LogP contribution in [-0.2, 0) is 0 Å². The number of hydrogen-bond donors (Lipinski definition) is 1. The fourth-order valence-corrected chi connectivity index (χ4v) is 1.40. The zero-order valence-electron chi connectivity index (χ0n) is 7.32. The maximum atomic E-state index is 7.13. The lowest BCUT2D eigenvalue weighted by atomic mass is 10.2. The average molecular weight is 202 g/mol. The van der Waals surface area contributed by atoms with Gasteiger partial charge >= 0.3 is 0 Å². The highest BCUT2D eigenvalue weighted by Crippen LogP contribution is 2.16. The van der Waals surface area contributed by atoms with Gasteiger partial charge in [0.25, 0.3) is 0 Å². The molecule has 0 spiro atoms. The van der Waals surface area contributed by atoms with Crippen LogP contribution >= 0.6 is 12.2 Å². The molecule has 69 valence electrons. The van der Waals surface area contributed by atoms with Gasteiger partial charge in [-0.25, -0.2) is 0 Å². The number of aromatic nitrogens is 1. The highest BCUT2D eigenvalue weighted by atomic mass is 32.1. The van der Waals surface area contributed by atoms with Crippen LogP contribution in [0.3, 0.4) is 0 Å². The summed E-state index contributed by atoms with van der Waals surface area (Å²) in [6.45, 7) is 0. The summed E-state index contributed by atoms with van der Waals surface area (Å²) in [6.07, 6.45) is 1.75. The van der Waals surface area contributed by atoms with E-state index in [1.54, 1.807) is 6.20 Å². The molecule has 1 aromatic carbocycles. The van der Waals surface area contributed by atoms with E-state index in [-0.39, 0.29) is 5.11 Å². The molecule has 0 bridgehead atoms. The van der Waals surface area contributed by atoms with E-state index < -0.39 is 0 Å². The SMILES string of the molecule is [NH]C(=S)Nc1ccc2ncccc2c1. The van der Waals surface area contributed by atoms with Gasteiger partial charge in [0.1, 0.15) is 0 Å². The van der Waals surface area contributed by atoms with Gasteiger partial charge in [-0.3, -0.25) is 10.7 Å². The van der Waals surface area contributed by atoms with Crippen LogP contribution in [-0.4, -0.2) is 10.1 Å². The fraction of sp³-hybridized carbons (Fsp3) is 0. The molecule has 0 fully saturated rings. The molecule has 0 atom stereocenters. The van der Waals surface area contributed by atoms with Gasteiger partial charge in [-0.15, -0.1) is 0 Å². The Kier molecular flexibility index (Phi) is 2.28. The lowest BCUT2D eigenvalue weighted by Gasteiger charge is -2.03. The van der Waals surface area contributed by atoms with Crippen LogP contribution in [0.4, 0.5) is 5.69 Å². The van der Waals surface area contributed by atoms with Crippen LogP contribution in [0.25, 0.3) is 10.9 Å². The third-order valence-corrected chi connectivity index (χ3v) is 1.96. The summed E-state index contributed by atoms with van der Waals surface area (Å²) in [7, 11) is 0. The van der Waals surface area contributed by atoms with E-state index in [9.17, 15) is 0 Å². The van der Waals surface area contributed by atoms with Crippen LogP contribution in [0.2, 0.25) is 0 Å². The molecule has 0 aliphatic heterocycles. The Balaban J connectivity index is 2.46. The van der Waals surface area contributed by atoms with Crippen molar-refractivity contribution in [3.8, 4) is 0 Å². The molecule has 2 aromatic rings. The normalized spacial score (nSPS) is 10.0. The number of rotatable bonds is 1. The molecule has 0 amide bonds. The van der Waals surface area contributed by atoms with E-state index in [0.717, 1.165) is 16.6 Å². The van der Waals surface area contributed by atoms with Gasteiger partial charge in [-0.05, 0) is 36.5 Å². The van der Waals surface area contributed by atoms with Crippen molar-refractivity contribution >= 4 is 33.9 Å². The van der Waals surface area contributed by atoms with E-state index in [1.165, 1.54) is 0 Å². The van der Waals surface area contributed by atoms with Gasteiger partial charge in [0.2, 0.25) is 0 Å². The highest BCUT2D eigenvalue weighted by molar-refractivity contribution is 7.80. The van der Waals surface area contributed by atoms with Crippen molar-refractivity contribution in [1.29, 1.82) is 0 Å². The molecule has 1 heterocycles. The minimum absolute atomic E-state index is 0.0215. The molecular weight excluding hydrogens is 194 g/mol. The predicted molar refractivity (Wildman–Crippen MR) is 61.1 cm³/mol. The monoisotopic (exact) mass is 202 g/mol. The third-order valence-electron chi connectivity index (χ3n) is 1.86. The van der Waals surface area contributed by atoms with E-state index in [2.05, 4.69) is 22.5 Å². The maximum Gasteiger partial charge on any atom is 0.189 e. The zero-order valence-corrected chi connectivity index (χ0v) is 8.14. The minimum atomic E-state index is 0.0215. The molecule has 0 aliphatic rings. The standard InChI is InChI=1S/C10H8N3S/c11-10(14)13-8-3-4-9-7(6-8)2-1-5-12-9/h1-6,11H,(H,13,14). The summed E-state index contributed by atoms with van der Waals surface area (Å²) in [5.41, 5.74) is 8.89. The molecule has 2 rings (SSSR count). The van der Waals surface area contributed by atoms with Crippen LogP contribution in [0, 0.1) is 0 Å². The molecule has 0 aliphatic carbocycles. The first-order chi connectivity index (χ1) is 6.75. The second kappa shape index (κ2) is 3.59. The first-order valence-electron chi connectivity index (χ1n) is 4.13. The molecule has 0 saturated heterocycles. The van der Waals surface area contributed by atoms with Crippen LogP contribution in [0.1, 0.15) is 0 Å². The van der Waals surface area contributed by atoms with Crippen LogP contribution in [0.15, 0.2) is 36.5 Å². The van der Waals surface area contributed by atoms with Crippen molar-refractivity contribution in [2.45, 2.75) is 0 Å². The number of nitrogens with one attached hydrogen (secondary N) is 2. The van der Waals surface area contributed by atoms with Gasteiger partial charge < -0.3 is 5.32 Å². The molecule has 0 unspecified atom stereocenters. The molecule has 4 heteroatoms. The molecular formula is C10H8N3S. The smallest absolute Gasteiger partial charge is 0.189 e. The maximum absolute atomic E-state index is 7.13. The molecule has 3 nitrogen and oxygen atoms in total. The molecule has 0 saturated carbocycles. The Bertz CT molecular complexity index is 482. The first kappa shape index (κ1) is 8.90. The van der Waals surface area contributed by atoms with E-state index >= 15 is 0 Å². The van der Waals surface area contributed by atoms with Crippen molar-refractivity contribution in [3.63, 3.8) is 0 Å². The molecule has 14 heavy (non-hydrogen) atoms. The average Bonchev–Trinajstić information content (AvgIpc) is 2.17. The Morgan fingerprint density at radius 3 is 3.00 bits per heavy atom. The summed E-state index contributed by atoms with van der Waals surface area (Å²) in [4.78, 5) is 4.19. The first-order valence-corrected chi connectivity index (χ1v) is 4.54. The number of hydrogen-bond acceptors (Lipinski definition) is 2. The van der Waals surface area contributed by atoms with Gasteiger partial charge in [0.15, 0.2) is 5.11 Å². The van der Waals surface area contributed by atoms with Crippen molar-refractivity contribution < 1.29 is 0 Å². The number of anilines is 1. The van der Waals surface area contributed by atoms with Crippen LogP contribution in [0.5, 0.6) is 0 Å². The fourth-order valence-electron chi connectivity index (χ4n) is 1.28.